The van der Waals surface area contributed by atoms with Crippen molar-refractivity contribution < 1.29 is 4.79 Å². The molecule has 1 aromatic heterocycles. The number of amides is 2. The first kappa shape index (κ1) is 19.2. The predicted octanol–water partition coefficient (Wildman–Crippen LogP) is 4.32. The summed E-state index contributed by atoms with van der Waals surface area (Å²) in [5.74, 6) is 0. The second-order valence-corrected chi connectivity index (χ2v) is 6.76. The van der Waals surface area contributed by atoms with Crippen molar-refractivity contribution in [3.63, 3.8) is 0 Å². The Bertz CT molecular complexity index is 972. The van der Waals surface area contributed by atoms with Crippen molar-refractivity contribution in [1.82, 2.24) is 9.99 Å². The number of urea groups is 1. The molecule has 0 aliphatic rings. The average Bonchev–Trinajstić information content (AvgIpc) is 2.96. The fourth-order valence-electron chi connectivity index (χ4n) is 3.06. The molecule has 0 radical (unpaired) electrons. The summed E-state index contributed by atoms with van der Waals surface area (Å²) in [6.07, 6.45) is 1.66. The molecule has 0 saturated carbocycles. The van der Waals surface area contributed by atoms with Gasteiger partial charge in [-0.3, -0.25) is 0 Å². The number of hydrazone groups is 1. The van der Waals surface area contributed by atoms with E-state index in [9.17, 15) is 4.79 Å². The normalized spacial score (nSPS) is 10.9. The molecule has 3 aromatic rings. The van der Waals surface area contributed by atoms with Gasteiger partial charge in [0.05, 0.1) is 6.21 Å². The van der Waals surface area contributed by atoms with Gasteiger partial charge in [-0.25, -0.2) is 10.2 Å². The van der Waals surface area contributed by atoms with Crippen LogP contribution < -0.4 is 15.6 Å². The Kier molecular flexibility index (Phi) is 5.79. The second-order valence-electron chi connectivity index (χ2n) is 6.76. The van der Waals surface area contributed by atoms with Crippen LogP contribution in [-0.4, -0.2) is 30.9 Å². The van der Waals surface area contributed by atoms with Gasteiger partial charge in [0, 0.05) is 48.1 Å². The molecule has 28 heavy (non-hydrogen) atoms. The van der Waals surface area contributed by atoms with E-state index in [0.29, 0.717) is 0 Å². The third-order valence-electron chi connectivity index (χ3n) is 4.50. The largest absolute Gasteiger partial charge is 0.378 e. The minimum Gasteiger partial charge on any atom is -0.378 e. The molecule has 1 heterocycles. The van der Waals surface area contributed by atoms with Gasteiger partial charge in [-0.05, 0) is 56.3 Å². The lowest BCUT2D eigenvalue weighted by molar-refractivity contribution is 0.252. The number of para-hydroxylation sites is 1. The Hall–Kier alpha value is -3.54. The SMILES string of the molecule is Cc1cc(C=NNC(=O)Nc2ccccc2)c(C)n1-c1ccc(N(C)C)cc1. The van der Waals surface area contributed by atoms with E-state index in [1.165, 1.54) is 0 Å². The lowest BCUT2D eigenvalue weighted by Crippen LogP contribution is -2.24. The molecule has 0 aliphatic carbocycles. The third kappa shape index (κ3) is 4.40. The van der Waals surface area contributed by atoms with Gasteiger partial charge in [0.25, 0.3) is 0 Å². The molecule has 0 saturated heterocycles. The lowest BCUT2D eigenvalue weighted by Gasteiger charge is -2.14. The van der Waals surface area contributed by atoms with Gasteiger partial charge in [0.15, 0.2) is 0 Å². The molecule has 0 bridgehead atoms. The number of nitrogens with one attached hydrogen (secondary N) is 2. The number of hydrogen-bond donors (Lipinski definition) is 2. The molecular weight excluding hydrogens is 350 g/mol. The van der Waals surface area contributed by atoms with E-state index in [0.717, 1.165) is 34.0 Å². The lowest BCUT2D eigenvalue weighted by atomic mass is 10.2. The van der Waals surface area contributed by atoms with E-state index in [4.69, 9.17) is 0 Å². The monoisotopic (exact) mass is 375 g/mol. The molecule has 0 atom stereocenters. The fraction of sp³-hybridized carbons (Fsp3) is 0.182. The maximum atomic E-state index is 11.9. The molecule has 6 heteroatoms. The average molecular weight is 375 g/mol. The van der Waals surface area contributed by atoms with E-state index in [1.807, 2.05) is 51.4 Å². The summed E-state index contributed by atoms with van der Waals surface area (Å²) in [4.78, 5) is 14.0. The van der Waals surface area contributed by atoms with Crippen LogP contribution in [0.4, 0.5) is 16.2 Å². The first-order valence-electron chi connectivity index (χ1n) is 9.07. The number of hydrogen-bond acceptors (Lipinski definition) is 3. The Morgan fingerprint density at radius 3 is 2.36 bits per heavy atom. The highest BCUT2D eigenvalue weighted by Crippen LogP contribution is 2.22. The molecule has 2 N–H and O–H groups in total. The van der Waals surface area contributed by atoms with Crippen LogP contribution in [0.1, 0.15) is 17.0 Å². The van der Waals surface area contributed by atoms with Gasteiger partial charge in [-0.1, -0.05) is 18.2 Å². The van der Waals surface area contributed by atoms with Crippen molar-refractivity contribution in [2.45, 2.75) is 13.8 Å². The van der Waals surface area contributed by atoms with Crippen molar-refractivity contribution >= 4 is 23.6 Å². The summed E-state index contributed by atoms with van der Waals surface area (Å²) in [5.41, 5.74) is 8.58. The summed E-state index contributed by atoms with van der Waals surface area (Å²) in [6.45, 7) is 4.10. The zero-order valence-electron chi connectivity index (χ0n) is 16.6. The van der Waals surface area contributed by atoms with Crippen molar-refractivity contribution in [3.8, 4) is 5.69 Å². The maximum Gasteiger partial charge on any atom is 0.339 e. The van der Waals surface area contributed by atoms with Crippen molar-refractivity contribution in [2.75, 3.05) is 24.3 Å². The molecule has 144 valence electrons. The van der Waals surface area contributed by atoms with Gasteiger partial charge >= 0.3 is 6.03 Å². The van der Waals surface area contributed by atoms with Crippen molar-refractivity contribution in [3.05, 3.63) is 77.6 Å². The molecular formula is C22H25N5O. The molecule has 0 spiro atoms. The van der Waals surface area contributed by atoms with Gasteiger partial charge in [-0.15, -0.1) is 0 Å². The Balaban J connectivity index is 1.71. The minimum atomic E-state index is -0.379. The fourth-order valence-corrected chi connectivity index (χ4v) is 3.06. The summed E-state index contributed by atoms with van der Waals surface area (Å²) >= 11 is 0. The van der Waals surface area contributed by atoms with E-state index >= 15 is 0 Å². The zero-order chi connectivity index (χ0) is 20.1. The topological polar surface area (TPSA) is 61.7 Å². The van der Waals surface area contributed by atoms with Gasteiger partial charge in [-0.2, -0.15) is 5.10 Å². The molecule has 2 aromatic carbocycles. The van der Waals surface area contributed by atoms with Crippen LogP contribution in [0.5, 0.6) is 0 Å². The molecule has 0 fully saturated rings. The highest BCUT2D eigenvalue weighted by molar-refractivity contribution is 5.90. The summed E-state index contributed by atoms with van der Waals surface area (Å²) in [6, 6.07) is 19.3. The van der Waals surface area contributed by atoms with Crippen LogP contribution in [0.25, 0.3) is 5.69 Å². The smallest absolute Gasteiger partial charge is 0.339 e. The molecule has 0 aliphatic heterocycles. The van der Waals surface area contributed by atoms with Crippen molar-refractivity contribution in [2.24, 2.45) is 5.10 Å². The standard InChI is InChI=1S/C22H25N5O/c1-16-14-18(15-23-25-22(28)24-19-8-6-5-7-9-19)17(2)27(16)21-12-10-20(11-13-21)26(3)4/h5-15H,1-4H3,(H2,24,25,28). The summed E-state index contributed by atoms with van der Waals surface area (Å²) in [5, 5.41) is 6.80. The highest BCUT2D eigenvalue weighted by Gasteiger charge is 2.10. The van der Waals surface area contributed by atoms with Crippen LogP contribution in [0.15, 0.2) is 65.8 Å². The van der Waals surface area contributed by atoms with E-state index in [1.54, 1.807) is 6.21 Å². The minimum absolute atomic E-state index is 0.379. The summed E-state index contributed by atoms with van der Waals surface area (Å²) < 4.78 is 2.17. The van der Waals surface area contributed by atoms with Crippen molar-refractivity contribution in [1.29, 1.82) is 0 Å². The predicted molar refractivity (Wildman–Crippen MR) is 116 cm³/mol. The molecule has 3 rings (SSSR count). The number of aryl methyl sites for hydroxylation is 1. The Morgan fingerprint density at radius 1 is 1.04 bits per heavy atom. The molecule has 0 unspecified atom stereocenters. The van der Waals surface area contributed by atoms with Gasteiger partial charge in [0.1, 0.15) is 0 Å². The Morgan fingerprint density at radius 2 is 1.71 bits per heavy atom. The van der Waals surface area contributed by atoms with Gasteiger partial charge < -0.3 is 14.8 Å². The maximum absolute atomic E-state index is 11.9. The quantitative estimate of drug-likeness (QED) is 0.515. The van der Waals surface area contributed by atoms with E-state index < -0.39 is 0 Å². The van der Waals surface area contributed by atoms with Crippen LogP contribution in [0, 0.1) is 13.8 Å². The molecule has 2 amide bonds. The van der Waals surface area contributed by atoms with E-state index in [-0.39, 0.29) is 6.03 Å². The number of carbonyl (C=O) groups excluding carboxylic acids is 1. The van der Waals surface area contributed by atoms with Gasteiger partial charge in [0.2, 0.25) is 0 Å². The van der Waals surface area contributed by atoms with Crippen LogP contribution in [0.3, 0.4) is 0 Å². The van der Waals surface area contributed by atoms with Crippen LogP contribution in [-0.2, 0) is 0 Å². The molecule has 6 nitrogen and oxygen atoms in total. The number of aromatic nitrogens is 1. The first-order valence-corrected chi connectivity index (χ1v) is 9.07. The zero-order valence-corrected chi connectivity index (χ0v) is 16.6. The number of nitrogens with zero attached hydrogens (tertiary/aromatic N) is 3. The number of rotatable bonds is 5. The van der Waals surface area contributed by atoms with E-state index in [2.05, 4.69) is 62.6 Å². The highest BCUT2D eigenvalue weighted by atomic mass is 16.2. The third-order valence-corrected chi connectivity index (χ3v) is 4.50. The van der Waals surface area contributed by atoms with Crippen LogP contribution in [0.2, 0.25) is 0 Å². The van der Waals surface area contributed by atoms with Crippen LogP contribution >= 0.6 is 0 Å². The number of carbonyl (C=O) groups is 1. The number of benzene rings is 2. The first-order chi connectivity index (χ1) is 13.5. The second kappa shape index (κ2) is 8.43. The summed E-state index contributed by atoms with van der Waals surface area (Å²) in [7, 11) is 4.05. The number of anilines is 2. The Labute approximate surface area is 165 Å².